The maximum atomic E-state index is 12.5. The van der Waals surface area contributed by atoms with Crippen LogP contribution in [0.3, 0.4) is 0 Å². The van der Waals surface area contributed by atoms with E-state index in [0.29, 0.717) is 29.9 Å². The van der Waals surface area contributed by atoms with E-state index in [-0.39, 0.29) is 11.8 Å². The minimum Gasteiger partial charge on any atom is -0.399 e. The van der Waals surface area contributed by atoms with E-state index in [1.54, 1.807) is 30.0 Å². The molecule has 0 saturated heterocycles. The van der Waals surface area contributed by atoms with Gasteiger partial charge in [0.15, 0.2) is 5.69 Å². The Morgan fingerprint density at radius 1 is 1.60 bits per heavy atom. The van der Waals surface area contributed by atoms with Crippen LogP contribution in [-0.2, 0) is 0 Å². The third-order valence-corrected chi connectivity index (χ3v) is 3.17. The number of amides is 1. The van der Waals surface area contributed by atoms with Gasteiger partial charge in [-0.3, -0.25) is 9.89 Å². The summed E-state index contributed by atoms with van der Waals surface area (Å²) in [5, 5.41) is 16.5. The van der Waals surface area contributed by atoms with Crippen LogP contribution in [0, 0.1) is 17.2 Å². The van der Waals surface area contributed by atoms with Gasteiger partial charge in [0.05, 0.1) is 17.5 Å². The van der Waals surface area contributed by atoms with Gasteiger partial charge in [-0.15, -0.1) is 0 Å². The Morgan fingerprint density at radius 2 is 2.35 bits per heavy atom. The highest BCUT2D eigenvalue weighted by atomic mass is 16.2. The molecule has 0 aliphatic rings. The van der Waals surface area contributed by atoms with Crippen molar-refractivity contribution in [3.8, 4) is 6.07 Å². The van der Waals surface area contributed by atoms with Crippen molar-refractivity contribution in [1.29, 1.82) is 5.26 Å². The molecule has 0 saturated carbocycles. The normalized spacial score (nSPS) is 12.1. The number of benzene rings is 1. The molecule has 20 heavy (non-hydrogen) atoms. The Morgan fingerprint density at radius 3 is 3.00 bits per heavy atom. The van der Waals surface area contributed by atoms with Gasteiger partial charge in [0, 0.05) is 24.2 Å². The lowest BCUT2D eigenvalue weighted by Gasteiger charge is -2.20. The lowest BCUT2D eigenvalue weighted by Crippen LogP contribution is -2.34. The first-order chi connectivity index (χ1) is 9.56. The highest BCUT2D eigenvalue weighted by molar-refractivity contribution is 6.05. The first kappa shape index (κ1) is 13.9. The summed E-state index contributed by atoms with van der Waals surface area (Å²) < 4.78 is 0. The molecule has 0 aliphatic heterocycles. The fourth-order valence-electron chi connectivity index (χ4n) is 2.07. The zero-order chi connectivity index (χ0) is 14.7. The Bertz CT molecular complexity index is 670. The van der Waals surface area contributed by atoms with Gasteiger partial charge in [-0.2, -0.15) is 10.4 Å². The number of anilines is 1. The Balaban J connectivity index is 2.35. The molecule has 104 valence electrons. The van der Waals surface area contributed by atoms with Crippen molar-refractivity contribution >= 4 is 22.5 Å². The van der Waals surface area contributed by atoms with E-state index in [2.05, 4.69) is 16.3 Å². The van der Waals surface area contributed by atoms with Crippen molar-refractivity contribution in [2.45, 2.75) is 13.8 Å². The van der Waals surface area contributed by atoms with Crippen LogP contribution in [0.25, 0.3) is 10.9 Å². The molecule has 1 unspecified atom stereocenters. The summed E-state index contributed by atoms with van der Waals surface area (Å²) in [6.07, 6.45) is 0. The quantitative estimate of drug-likeness (QED) is 0.828. The number of carbonyl (C=O) groups is 1. The van der Waals surface area contributed by atoms with Crippen LogP contribution in [0.2, 0.25) is 0 Å². The van der Waals surface area contributed by atoms with Crippen molar-refractivity contribution in [3.63, 3.8) is 0 Å². The van der Waals surface area contributed by atoms with Gasteiger partial charge < -0.3 is 10.6 Å². The molecule has 6 nitrogen and oxygen atoms in total. The third kappa shape index (κ3) is 2.57. The van der Waals surface area contributed by atoms with Crippen LogP contribution < -0.4 is 5.73 Å². The molecule has 0 aliphatic carbocycles. The molecule has 1 heterocycles. The van der Waals surface area contributed by atoms with Gasteiger partial charge in [0.2, 0.25) is 0 Å². The number of nitriles is 1. The largest absolute Gasteiger partial charge is 0.399 e. The SMILES string of the molecule is CCN(CC(C)C#N)C(=O)c1n[nH]c2ccc(N)cc12. The smallest absolute Gasteiger partial charge is 0.275 e. The molecule has 0 radical (unpaired) electrons. The minimum absolute atomic E-state index is 0.188. The monoisotopic (exact) mass is 271 g/mol. The van der Waals surface area contributed by atoms with E-state index in [1.807, 2.05) is 6.92 Å². The Labute approximate surface area is 117 Å². The van der Waals surface area contributed by atoms with E-state index >= 15 is 0 Å². The number of nitrogen functional groups attached to an aromatic ring is 1. The van der Waals surface area contributed by atoms with Crippen molar-refractivity contribution in [2.24, 2.45) is 5.92 Å². The van der Waals surface area contributed by atoms with Crippen LogP contribution >= 0.6 is 0 Å². The van der Waals surface area contributed by atoms with Crippen LogP contribution in [0.15, 0.2) is 18.2 Å². The second-order valence-electron chi connectivity index (χ2n) is 4.75. The molecule has 3 N–H and O–H groups in total. The highest BCUT2D eigenvalue weighted by Gasteiger charge is 2.21. The first-order valence-corrected chi connectivity index (χ1v) is 6.49. The summed E-state index contributed by atoms with van der Waals surface area (Å²) in [4.78, 5) is 14.1. The third-order valence-electron chi connectivity index (χ3n) is 3.17. The number of H-pyrrole nitrogens is 1. The van der Waals surface area contributed by atoms with Gasteiger partial charge in [0.25, 0.3) is 5.91 Å². The maximum Gasteiger partial charge on any atom is 0.275 e. The predicted molar refractivity (Wildman–Crippen MR) is 76.9 cm³/mol. The van der Waals surface area contributed by atoms with Gasteiger partial charge in [-0.1, -0.05) is 0 Å². The molecule has 2 rings (SSSR count). The number of nitrogens with zero attached hydrogens (tertiary/aromatic N) is 3. The number of rotatable bonds is 4. The standard InChI is InChI=1S/C14H17N5O/c1-3-19(8-9(2)7-15)14(20)13-11-6-10(16)4-5-12(11)17-18-13/h4-6,9H,3,8,16H2,1-2H3,(H,17,18). The molecular formula is C14H17N5O. The number of hydrogen-bond donors (Lipinski definition) is 2. The van der Waals surface area contributed by atoms with E-state index in [0.717, 1.165) is 5.52 Å². The highest BCUT2D eigenvalue weighted by Crippen LogP contribution is 2.20. The fourth-order valence-corrected chi connectivity index (χ4v) is 2.07. The fraction of sp³-hybridized carbons (Fsp3) is 0.357. The average molecular weight is 271 g/mol. The van der Waals surface area contributed by atoms with Crippen molar-refractivity contribution in [2.75, 3.05) is 18.8 Å². The van der Waals surface area contributed by atoms with E-state index in [4.69, 9.17) is 11.0 Å². The zero-order valence-electron chi connectivity index (χ0n) is 11.6. The second-order valence-corrected chi connectivity index (χ2v) is 4.75. The predicted octanol–water partition coefficient (Wildman–Crippen LogP) is 1.77. The molecule has 2 aromatic rings. The summed E-state index contributed by atoms with van der Waals surface area (Å²) in [7, 11) is 0. The molecule has 1 amide bonds. The molecule has 0 bridgehead atoms. The minimum atomic E-state index is -0.214. The Hall–Kier alpha value is -2.55. The van der Waals surface area contributed by atoms with E-state index in [9.17, 15) is 4.79 Å². The van der Waals surface area contributed by atoms with Crippen molar-refractivity contribution in [1.82, 2.24) is 15.1 Å². The second kappa shape index (κ2) is 5.61. The van der Waals surface area contributed by atoms with Crippen LogP contribution in [0.4, 0.5) is 5.69 Å². The molecule has 0 fully saturated rings. The van der Waals surface area contributed by atoms with Gasteiger partial charge in [0.1, 0.15) is 0 Å². The topological polar surface area (TPSA) is 98.8 Å². The first-order valence-electron chi connectivity index (χ1n) is 6.49. The number of aromatic amines is 1. The number of carbonyl (C=O) groups excluding carboxylic acids is 1. The summed E-state index contributed by atoms with van der Waals surface area (Å²) in [6.45, 7) is 4.59. The Kier molecular flexibility index (Phi) is 3.89. The van der Waals surface area contributed by atoms with Crippen LogP contribution in [0.1, 0.15) is 24.3 Å². The van der Waals surface area contributed by atoms with Crippen LogP contribution in [-0.4, -0.2) is 34.1 Å². The van der Waals surface area contributed by atoms with Crippen molar-refractivity contribution in [3.05, 3.63) is 23.9 Å². The number of nitrogens with one attached hydrogen (secondary N) is 1. The number of nitrogens with two attached hydrogens (primary N) is 1. The maximum absolute atomic E-state index is 12.5. The lowest BCUT2D eigenvalue weighted by molar-refractivity contribution is 0.0748. The summed E-state index contributed by atoms with van der Waals surface area (Å²) in [5.74, 6) is -0.402. The molecule has 6 heteroatoms. The van der Waals surface area contributed by atoms with E-state index in [1.165, 1.54) is 0 Å². The summed E-state index contributed by atoms with van der Waals surface area (Å²) in [6, 6.07) is 7.41. The number of fused-ring (bicyclic) bond motifs is 1. The number of aromatic nitrogens is 2. The van der Waals surface area contributed by atoms with E-state index < -0.39 is 0 Å². The zero-order valence-corrected chi connectivity index (χ0v) is 11.6. The lowest BCUT2D eigenvalue weighted by atomic mass is 10.1. The number of hydrogen-bond acceptors (Lipinski definition) is 4. The van der Waals surface area contributed by atoms with Gasteiger partial charge in [-0.25, -0.2) is 0 Å². The van der Waals surface area contributed by atoms with Crippen LogP contribution in [0.5, 0.6) is 0 Å². The molecular weight excluding hydrogens is 254 g/mol. The molecule has 0 spiro atoms. The summed E-state index contributed by atoms with van der Waals surface area (Å²) in [5.41, 5.74) is 7.45. The molecule has 1 aromatic carbocycles. The van der Waals surface area contributed by atoms with Gasteiger partial charge >= 0.3 is 0 Å². The van der Waals surface area contributed by atoms with Gasteiger partial charge in [-0.05, 0) is 32.0 Å². The molecule has 1 aromatic heterocycles. The summed E-state index contributed by atoms with van der Waals surface area (Å²) >= 11 is 0. The van der Waals surface area contributed by atoms with Crippen molar-refractivity contribution < 1.29 is 4.79 Å². The average Bonchev–Trinajstić information content (AvgIpc) is 2.86. The molecule has 1 atom stereocenters.